The summed E-state index contributed by atoms with van der Waals surface area (Å²) in [6.45, 7) is 5.26. The molecule has 3 rings (SSSR count). The first-order chi connectivity index (χ1) is 10.1. The van der Waals surface area contributed by atoms with Crippen molar-refractivity contribution in [2.24, 2.45) is 0 Å². The number of methoxy groups -OCH3 is 1. The molecule has 1 N–H and O–H groups in total. The molecule has 2 aliphatic rings. The van der Waals surface area contributed by atoms with Gasteiger partial charge < -0.3 is 10.1 Å². The van der Waals surface area contributed by atoms with Crippen molar-refractivity contribution in [2.45, 2.75) is 70.4 Å². The molecule has 0 amide bonds. The number of ether oxygens (including phenoxy) is 1. The molecule has 1 heterocycles. The lowest BCUT2D eigenvalue weighted by Crippen LogP contribution is -2.29. The van der Waals surface area contributed by atoms with Gasteiger partial charge >= 0.3 is 0 Å². The third kappa shape index (κ3) is 3.11. The molecular weight excluding hydrogens is 262 g/mol. The van der Waals surface area contributed by atoms with E-state index in [0.29, 0.717) is 0 Å². The fraction of sp³-hybridized carbons (Fsp3) is 0.765. The quantitative estimate of drug-likeness (QED) is 0.875. The van der Waals surface area contributed by atoms with Crippen molar-refractivity contribution in [3.05, 3.63) is 22.8 Å². The molecule has 2 aliphatic carbocycles. The molecule has 1 aromatic rings. The maximum atomic E-state index is 5.82. The van der Waals surface area contributed by atoms with Crippen LogP contribution >= 0.6 is 0 Å². The smallest absolute Gasteiger partial charge is 0.160 e. The molecule has 1 aromatic heterocycles. The Morgan fingerprint density at radius 3 is 2.29 bits per heavy atom. The predicted molar refractivity (Wildman–Crippen MR) is 83.4 cm³/mol. The summed E-state index contributed by atoms with van der Waals surface area (Å²) < 4.78 is 5.82. The maximum absolute atomic E-state index is 5.82. The second-order valence-corrected chi connectivity index (χ2v) is 6.58. The minimum absolute atomic E-state index is 0.236. The molecule has 0 unspecified atom stereocenters. The Bertz CT molecular complexity index is 482. The molecule has 4 nitrogen and oxygen atoms in total. The SMILES string of the molecule is COC1(c2nc(C)c(CCNC3CC3)c(C)n2)CCCC1. The Balaban J connectivity index is 1.77. The Hall–Kier alpha value is -1.00. The summed E-state index contributed by atoms with van der Waals surface area (Å²) in [7, 11) is 1.80. The molecule has 21 heavy (non-hydrogen) atoms. The molecule has 0 aliphatic heterocycles. The Labute approximate surface area is 127 Å². The lowest BCUT2D eigenvalue weighted by atomic mass is 9.99. The van der Waals surface area contributed by atoms with Gasteiger partial charge in [-0.15, -0.1) is 0 Å². The second-order valence-electron chi connectivity index (χ2n) is 6.58. The lowest BCUT2D eigenvalue weighted by molar-refractivity contribution is -0.0166. The van der Waals surface area contributed by atoms with Crippen molar-refractivity contribution in [3.8, 4) is 0 Å². The standard InChI is InChI=1S/C17H27N3O/c1-12-15(8-11-18-14-6-7-14)13(2)20-16(19-12)17(21-3)9-4-5-10-17/h14,18H,4-11H2,1-3H3. The van der Waals surface area contributed by atoms with E-state index in [4.69, 9.17) is 14.7 Å². The zero-order chi connectivity index (χ0) is 14.9. The van der Waals surface area contributed by atoms with Crippen molar-refractivity contribution in [1.82, 2.24) is 15.3 Å². The van der Waals surface area contributed by atoms with E-state index in [-0.39, 0.29) is 5.60 Å². The number of aryl methyl sites for hydroxylation is 2. The molecule has 0 spiro atoms. The van der Waals surface area contributed by atoms with Crippen LogP contribution in [0.3, 0.4) is 0 Å². The van der Waals surface area contributed by atoms with Gasteiger partial charge in [0.15, 0.2) is 5.82 Å². The highest BCUT2D eigenvalue weighted by molar-refractivity contribution is 5.26. The fourth-order valence-electron chi connectivity index (χ4n) is 3.46. The van der Waals surface area contributed by atoms with Gasteiger partial charge in [0.2, 0.25) is 0 Å². The topological polar surface area (TPSA) is 47.0 Å². The van der Waals surface area contributed by atoms with E-state index >= 15 is 0 Å². The first-order valence-corrected chi connectivity index (χ1v) is 8.28. The van der Waals surface area contributed by atoms with Crippen molar-refractivity contribution in [1.29, 1.82) is 0 Å². The first kappa shape index (κ1) is 14.9. The molecule has 0 saturated heterocycles. The van der Waals surface area contributed by atoms with Gasteiger partial charge in [-0.1, -0.05) is 0 Å². The molecule has 2 fully saturated rings. The van der Waals surface area contributed by atoms with Crippen LogP contribution in [0.25, 0.3) is 0 Å². The second kappa shape index (κ2) is 6.01. The van der Waals surface area contributed by atoms with E-state index in [0.717, 1.165) is 49.1 Å². The normalized spacial score (nSPS) is 20.9. The molecule has 2 saturated carbocycles. The predicted octanol–water partition coefficient (Wildman–Crippen LogP) is 2.80. The van der Waals surface area contributed by atoms with Gasteiger partial charge in [0, 0.05) is 24.5 Å². The number of hydrogen-bond acceptors (Lipinski definition) is 4. The summed E-state index contributed by atoms with van der Waals surface area (Å²) in [6, 6.07) is 0.765. The highest BCUT2D eigenvalue weighted by atomic mass is 16.5. The Morgan fingerprint density at radius 1 is 1.14 bits per heavy atom. The molecule has 0 atom stereocenters. The van der Waals surface area contributed by atoms with E-state index in [1.54, 1.807) is 7.11 Å². The minimum Gasteiger partial charge on any atom is -0.370 e. The summed E-state index contributed by atoms with van der Waals surface area (Å²) >= 11 is 0. The number of rotatable bonds is 6. The fourth-order valence-corrected chi connectivity index (χ4v) is 3.46. The van der Waals surface area contributed by atoms with Crippen molar-refractivity contribution in [2.75, 3.05) is 13.7 Å². The maximum Gasteiger partial charge on any atom is 0.160 e. The van der Waals surface area contributed by atoms with Gasteiger partial charge in [-0.2, -0.15) is 0 Å². The van der Waals surface area contributed by atoms with E-state index in [9.17, 15) is 0 Å². The summed E-state index contributed by atoms with van der Waals surface area (Å²) in [6.07, 6.45) is 8.21. The van der Waals surface area contributed by atoms with Gasteiger partial charge in [0.1, 0.15) is 5.60 Å². The van der Waals surface area contributed by atoms with Gasteiger partial charge in [-0.25, -0.2) is 9.97 Å². The lowest BCUT2D eigenvalue weighted by Gasteiger charge is -2.27. The van der Waals surface area contributed by atoms with E-state index < -0.39 is 0 Å². The zero-order valence-corrected chi connectivity index (χ0v) is 13.5. The molecule has 116 valence electrons. The van der Waals surface area contributed by atoms with Crippen molar-refractivity contribution in [3.63, 3.8) is 0 Å². The van der Waals surface area contributed by atoms with Gasteiger partial charge in [-0.3, -0.25) is 0 Å². The summed E-state index contributed by atoms with van der Waals surface area (Å²) in [5.74, 6) is 0.899. The largest absolute Gasteiger partial charge is 0.370 e. The van der Waals surface area contributed by atoms with Gasteiger partial charge in [0.05, 0.1) is 0 Å². The summed E-state index contributed by atoms with van der Waals surface area (Å²) in [5.41, 5.74) is 3.31. The first-order valence-electron chi connectivity index (χ1n) is 8.28. The summed E-state index contributed by atoms with van der Waals surface area (Å²) in [4.78, 5) is 9.62. The Kier molecular flexibility index (Phi) is 4.27. The van der Waals surface area contributed by atoms with Crippen LogP contribution in [0.1, 0.15) is 61.3 Å². The molecule has 0 aromatic carbocycles. The minimum atomic E-state index is -0.236. The molecule has 4 heteroatoms. The zero-order valence-electron chi connectivity index (χ0n) is 13.5. The van der Waals surface area contributed by atoms with Crippen LogP contribution in [0, 0.1) is 13.8 Å². The number of hydrogen-bond donors (Lipinski definition) is 1. The van der Waals surface area contributed by atoms with Gasteiger partial charge in [0.25, 0.3) is 0 Å². The van der Waals surface area contributed by atoms with E-state index in [1.807, 2.05) is 0 Å². The number of aromatic nitrogens is 2. The molecule has 0 bridgehead atoms. The van der Waals surface area contributed by atoms with Crippen LogP contribution in [0.2, 0.25) is 0 Å². The van der Waals surface area contributed by atoms with Crippen LogP contribution in [0.15, 0.2) is 0 Å². The van der Waals surface area contributed by atoms with Gasteiger partial charge in [-0.05, 0) is 70.9 Å². The van der Waals surface area contributed by atoms with Crippen LogP contribution in [-0.4, -0.2) is 29.7 Å². The Morgan fingerprint density at radius 2 is 1.76 bits per heavy atom. The van der Waals surface area contributed by atoms with Crippen LogP contribution in [-0.2, 0) is 16.8 Å². The van der Waals surface area contributed by atoms with Crippen LogP contribution in [0.4, 0.5) is 0 Å². The third-order valence-corrected chi connectivity index (χ3v) is 5.02. The number of nitrogens with one attached hydrogen (secondary N) is 1. The third-order valence-electron chi connectivity index (χ3n) is 5.02. The average molecular weight is 289 g/mol. The van der Waals surface area contributed by atoms with Crippen molar-refractivity contribution < 1.29 is 4.74 Å². The molecule has 0 radical (unpaired) electrons. The highest BCUT2D eigenvalue weighted by Gasteiger charge is 2.39. The number of nitrogens with zero attached hydrogens (tertiary/aromatic N) is 2. The average Bonchev–Trinajstić information content (AvgIpc) is 3.16. The molecular formula is C17H27N3O. The van der Waals surface area contributed by atoms with Crippen LogP contribution < -0.4 is 5.32 Å². The van der Waals surface area contributed by atoms with E-state index in [1.165, 1.54) is 31.2 Å². The van der Waals surface area contributed by atoms with Crippen LogP contribution in [0.5, 0.6) is 0 Å². The summed E-state index contributed by atoms with van der Waals surface area (Å²) in [5, 5.41) is 3.57. The van der Waals surface area contributed by atoms with E-state index in [2.05, 4.69) is 19.2 Å². The monoisotopic (exact) mass is 289 g/mol. The highest BCUT2D eigenvalue weighted by Crippen LogP contribution is 2.40. The van der Waals surface area contributed by atoms with Crippen molar-refractivity contribution >= 4 is 0 Å².